The smallest absolute Gasteiger partial charge is 0.223 e. The molecule has 1 fully saturated rings. The van der Waals surface area contributed by atoms with Crippen LogP contribution in [-0.4, -0.2) is 52.2 Å². The summed E-state index contributed by atoms with van der Waals surface area (Å²) in [7, 11) is 0. The van der Waals surface area contributed by atoms with E-state index in [1.807, 2.05) is 52.3 Å². The quantitative estimate of drug-likeness (QED) is 0.685. The molecular weight excluding hydrogens is 390 g/mol. The minimum Gasteiger partial charge on any atom is -0.354 e. The molecular formula is C21H30ClN5O2. The van der Waals surface area contributed by atoms with Gasteiger partial charge >= 0.3 is 0 Å². The Kier molecular flexibility index (Phi) is 9.15. The Morgan fingerprint density at radius 2 is 1.97 bits per heavy atom. The molecule has 7 nitrogen and oxygen atoms in total. The summed E-state index contributed by atoms with van der Waals surface area (Å²) >= 11 is 0. The average molecular weight is 420 g/mol. The molecule has 0 radical (unpaired) electrons. The van der Waals surface area contributed by atoms with Crippen molar-refractivity contribution in [1.82, 2.24) is 20.0 Å². The molecule has 1 aliphatic heterocycles. The van der Waals surface area contributed by atoms with Gasteiger partial charge in [0.2, 0.25) is 11.8 Å². The molecule has 29 heavy (non-hydrogen) atoms. The monoisotopic (exact) mass is 419 g/mol. The van der Waals surface area contributed by atoms with Crippen LogP contribution in [0.3, 0.4) is 0 Å². The normalized spacial score (nSPS) is 16.2. The van der Waals surface area contributed by atoms with E-state index in [1.165, 1.54) is 0 Å². The van der Waals surface area contributed by atoms with Crippen molar-refractivity contribution in [3.63, 3.8) is 0 Å². The summed E-state index contributed by atoms with van der Waals surface area (Å²) in [5.41, 5.74) is 7.46. The number of carbonyl (C=O) groups is 2. The number of nitrogens with one attached hydrogen (secondary N) is 1. The van der Waals surface area contributed by atoms with Gasteiger partial charge in [-0.3, -0.25) is 9.59 Å². The fraction of sp³-hybridized carbons (Fsp3) is 0.476. The molecule has 2 heterocycles. The van der Waals surface area contributed by atoms with Gasteiger partial charge < -0.3 is 16.0 Å². The molecule has 1 aromatic carbocycles. The highest BCUT2D eigenvalue weighted by molar-refractivity contribution is 5.85. The van der Waals surface area contributed by atoms with E-state index in [1.54, 1.807) is 0 Å². The Morgan fingerprint density at radius 3 is 2.72 bits per heavy atom. The Balaban J connectivity index is 0.00000300. The number of nitrogens with two attached hydrogens (primary N) is 1. The predicted molar refractivity (Wildman–Crippen MR) is 115 cm³/mol. The lowest BCUT2D eigenvalue weighted by Crippen LogP contribution is -2.49. The number of aromatic nitrogens is 2. The van der Waals surface area contributed by atoms with E-state index in [9.17, 15) is 9.59 Å². The van der Waals surface area contributed by atoms with Crippen LogP contribution in [0.1, 0.15) is 37.7 Å². The topological polar surface area (TPSA) is 93.2 Å². The van der Waals surface area contributed by atoms with Crippen LogP contribution < -0.4 is 11.1 Å². The fourth-order valence-corrected chi connectivity index (χ4v) is 3.60. The number of para-hydroxylation sites is 1. The standard InChI is InChI=1S/C21H29N5O2.ClH/c22-12-11-20(27)23-15-19-8-4-5-13-25(19)21(28)10-9-17-14-24-26(16-17)18-6-2-1-3-7-18;/h1-3,6-7,14,16,19H,4-5,8-13,15,22H2,(H,23,27);1H. The minimum absolute atomic E-state index is 0. The fourth-order valence-electron chi connectivity index (χ4n) is 3.60. The maximum Gasteiger partial charge on any atom is 0.223 e. The van der Waals surface area contributed by atoms with Crippen LogP contribution in [0.15, 0.2) is 42.7 Å². The summed E-state index contributed by atoms with van der Waals surface area (Å²) in [5.74, 6) is 0.0963. The number of piperidine rings is 1. The van der Waals surface area contributed by atoms with Gasteiger partial charge in [-0.1, -0.05) is 18.2 Å². The molecule has 1 unspecified atom stereocenters. The molecule has 1 aliphatic rings. The van der Waals surface area contributed by atoms with Crippen molar-refractivity contribution < 1.29 is 9.59 Å². The van der Waals surface area contributed by atoms with Crippen molar-refractivity contribution in [1.29, 1.82) is 0 Å². The summed E-state index contributed by atoms with van der Waals surface area (Å²) in [6, 6.07) is 10.00. The van der Waals surface area contributed by atoms with Crippen LogP contribution in [-0.2, 0) is 16.0 Å². The molecule has 2 aromatic rings. The summed E-state index contributed by atoms with van der Waals surface area (Å²) in [6.45, 7) is 1.62. The third-order valence-electron chi connectivity index (χ3n) is 5.14. The Labute approximate surface area is 178 Å². The SMILES string of the molecule is Cl.NCCC(=O)NCC1CCCCN1C(=O)CCc1cnn(-c2ccccc2)c1. The number of hydrogen-bond donors (Lipinski definition) is 2. The minimum atomic E-state index is -0.0474. The second-order valence-electron chi connectivity index (χ2n) is 7.21. The van der Waals surface area contributed by atoms with Crippen LogP contribution in [0.2, 0.25) is 0 Å². The zero-order valence-corrected chi connectivity index (χ0v) is 17.4. The van der Waals surface area contributed by atoms with Crippen molar-refractivity contribution in [2.75, 3.05) is 19.6 Å². The van der Waals surface area contributed by atoms with Gasteiger partial charge in [0.15, 0.2) is 0 Å². The average Bonchev–Trinajstić information content (AvgIpc) is 3.21. The van der Waals surface area contributed by atoms with E-state index in [4.69, 9.17) is 5.73 Å². The summed E-state index contributed by atoms with van der Waals surface area (Å²) < 4.78 is 1.83. The Morgan fingerprint density at radius 1 is 1.17 bits per heavy atom. The molecule has 1 atom stereocenters. The highest BCUT2D eigenvalue weighted by atomic mass is 35.5. The van der Waals surface area contributed by atoms with E-state index in [0.717, 1.165) is 37.1 Å². The Hall–Kier alpha value is -2.38. The number of likely N-dealkylation sites (tertiary alicyclic amines) is 1. The van der Waals surface area contributed by atoms with Gasteiger partial charge in [-0.25, -0.2) is 4.68 Å². The van der Waals surface area contributed by atoms with Crippen LogP contribution in [0.4, 0.5) is 0 Å². The van der Waals surface area contributed by atoms with Gasteiger partial charge in [-0.2, -0.15) is 5.10 Å². The van der Waals surface area contributed by atoms with Crippen molar-refractivity contribution in [2.24, 2.45) is 5.73 Å². The van der Waals surface area contributed by atoms with E-state index in [-0.39, 0.29) is 30.3 Å². The molecule has 2 amide bonds. The van der Waals surface area contributed by atoms with Crippen LogP contribution in [0.5, 0.6) is 0 Å². The molecule has 0 saturated carbocycles. The van der Waals surface area contributed by atoms with Crippen molar-refractivity contribution in [3.05, 3.63) is 48.3 Å². The lowest BCUT2D eigenvalue weighted by atomic mass is 10.0. The third-order valence-corrected chi connectivity index (χ3v) is 5.14. The number of aryl methyl sites for hydroxylation is 1. The second-order valence-corrected chi connectivity index (χ2v) is 7.21. The number of rotatable bonds is 8. The number of hydrogen-bond acceptors (Lipinski definition) is 4. The van der Waals surface area contributed by atoms with E-state index < -0.39 is 0 Å². The zero-order valence-electron chi connectivity index (χ0n) is 16.6. The van der Waals surface area contributed by atoms with E-state index in [2.05, 4.69) is 10.4 Å². The number of benzene rings is 1. The van der Waals surface area contributed by atoms with Crippen molar-refractivity contribution in [3.8, 4) is 5.69 Å². The number of carbonyl (C=O) groups excluding carboxylic acids is 2. The lowest BCUT2D eigenvalue weighted by molar-refractivity contribution is -0.135. The van der Waals surface area contributed by atoms with Gasteiger partial charge in [0.1, 0.15) is 0 Å². The molecule has 1 saturated heterocycles. The largest absolute Gasteiger partial charge is 0.354 e. The maximum absolute atomic E-state index is 12.8. The van der Waals surface area contributed by atoms with Crippen LogP contribution >= 0.6 is 12.4 Å². The van der Waals surface area contributed by atoms with Crippen LogP contribution in [0, 0.1) is 0 Å². The van der Waals surface area contributed by atoms with Gasteiger partial charge in [0.05, 0.1) is 11.9 Å². The first-order chi connectivity index (χ1) is 13.7. The number of nitrogens with zero attached hydrogens (tertiary/aromatic N) is 3. The van der Waals surface area contributed by atoms with Gasteiger partial charge in [-0.05, 0) is 43.4 Å². The molecule has 0 bridgehead atoms. The summed E-state index contributed by atoms with van der Waals surface area (Å²) in [4.78, 5) is 26.4. The zero-order chi connectivity index (χ0) is 19.8. The van der Waals surface area contributed by atoms with Crippen molar-refractivity contribution in [2.45, 2.75) is 44.6 Å². The highest BCUT2D eigenvalue weighted by Crippen LogP contribution is 2.18. The third kappa shape index (κ3) is 6.58. The molecule has 8 heteroatoms. The molecule has 0 aliphatic carbocycles. The van der Waals surface area contributed by atoms with Gasteiger partial charge in [0, 0.05) is 44.7 Å². The highest BCUT2D eigenvalue weighted by Gasteiger charge is 2.26. The predicted octanol–water partition coefficient (Wildman–Crippen LogP) is 2.07. The van der Waals surface area contributed by atoms with E-state index >= 15 is 0 Å². The molecule has 3 N–H and O–H groups in total. The first-order valence-electron chi connectivity index (χ1n) is 10.0. The number of halogens is 1. The first kappa shape index (κ1) is 22.9. The second kappa shape index (κ2) is 11.6. The van der Waals surface area contributed by atoms with Crippen LogP contribution in [0.25, 0.3) is 5.69 Å². The van der Waals surface area contributed by atoms with E-state index in [0.29, 0.717) is 32.4 Å². The summed E-state index contributed by atoms with van der Waals surface area (Å²) in [6.07, 6.45) is 8.27. The molecule has 3 rings (SSSR count). The first-order valence-corrected chi connectivity index (χ1v) is 10.0. The van der Waals surface area contributed by atoms with Crippen molar-refractivity contribution >= 4 is 24.2 Å². The lowest BCUT2D eigenvalue weighted by Gasteiger charge is -2.36. The number of amides is 2. The van der Waals surface area contributed by atoms with Gasteiger partial charge in [0.25, 0.3) is 0 Å². The molecule has 0 spiro atoms. The maximum atomic E-state index is 12.8. The molecule has 1 aromatic heterocycles. The van der Waals surface area contributed by atoms with Gasteiger partial charge in [-0.15, -0.1) is 12.4 Å². The Bertz CT molecular complexity index is 780. The molecule has 158 valence electrons. The summed E-state index contributed by atoms with van der Waals surface area (Å²) in [5, 5.41) is 7.30.